The van der Waals surface area contributed by atoms with Crippen molar-refractivity contribution in [3.8, 4) is 5.75 Å². The zero-order valence-corrected chi connectivity index (χ0v) is 17.6. The summed E-state index contributed by atoms with van der Waals surface area (Å²) in [6.07, 6.45) is 1.10. The van der Waals surface area contributed by atoms with Gasteiger partial charge in [-0.15, -0.1) is 24.0 Å². The van der Waals surface area contributed by atoms with Gasteiger partial charge in [-0.25, -0.2) is 9.38 Å². The number of aliphatic imine (C=N–C) groups is 1. The molecule has 25 heavy (non-hydrogen) atoms. The fourth-order valence-electron chi connectivity index (χ4n) is 2.81. The summed E-state index contributed by atoms with van der Waals surface area (Å²) in [6, 6.07) is 6.19. The second-order valence-corrected chi connectivity index (χ2v) is 6.40. The van der Waals surface area contributed by atoms with Crippen molar-refractivity contribution in [2.75, 3.05) is 39.8 Å². The van der Waals surface area contributed by atoms with Crippen molar-refractivity contribution in [3.63, 3.8) is 0 Å². The molecule has 7 heteroatoms. The van der Waals surface area contributed by atoms with Crippen LogP contribution in [0.25, 0.3) is 0 Å². The Morgan fingerprint density at radius 1 is 1.44 bits per heavy atom. The van der Waals surface area contributed by atoms with Gasteiger partial charge in [0, 0.05) is 25.7 Å². The SMILES string of the molecule is CCNC(=NCC(C)Oc1cccc(F)c1)NCC1CCN(C)C1.I. The molecule has 1 fully saturated rings. The lowest BCUT2D eigenvalue weighted by Crippen LogP contribution is -2.40. The number of likely N-dealkylation sites (tertiary alicyclic amines) is 1. The molecule has 142 valence electrons. The summed E-state index contributed by atoms with van der Waals surface area (Å²) in [6.45, 7) is 8.53. The van der Waals surface area contributed by atoms with Crippen LogP contribution in [0.3, 0.4) is 0 Å². The molecule has 2 rings (SSSR count). The maximum absolute atomic E-state index is 13.2. The van der Waals surface area contributed by atoms with Crippen LogP contribution in [0.4, 0.5) is 4.39 Å². The highest BCUT2D eigenvalue weighted by atomic mass is 127. The monoisotopic (exact) mass is 464 g/mol. The van der Waals surface area contributed by atoms with Gasteiger partial charge in [0.05, 0.1) is 6.54 Å². The number of guanidine groups is 1. The normalized spacial score (nSPS) is 19.2. The Hall–Kier alpha value is -1.09. The third kappa shape index (κ3) is 8.22. The van der Waals surface area contributed by atoms with E-state index < -0.39 is 0 Å². The summed E-state index contributed by atoms with van der Waals surface area (Å²) in [5, 5.41) is 6.66. The number of rotatable bonds is 7. The van der Waals surface area contributed by atoms with Crippen molar-refractivity contribution >= 4 is 29.9 Å². The minimum atomic E-state index is -0.292. The maximum atomic E-state index is 13.2. The number of halogens is 2. The quantitative estimate of drug-likeness (QED) is 0.370. The highest BCUT2D eigenvalue weighted by Crippen LogP contribution is 2.14. The molecular weight excluding hydrogens is 434 g/mol. The number of nitrogens with zero attached hydrogens (tertiary/aromatic N) is 2. The maximum Gasteiger partial charge on any atom is 0.191 e. The van der Waals surface area contributed by atoms with E-state index in [1.54, 1.807) is 12.1 Å². The topological polar surface area (TPSA) is 48.9 Å². The first-order chi connectivity index (χ1) is 11.6. The molecule has 5 nitrogen and oxygen atoms in total. The van der Waals surface area contributed by atoms with Crippen LogP contribution in [0.15, 0.2) is 29.3 Å². The van der Waals surface area contributed by atoms with Crippen molar-refractivity contribution in [2.45, 2.75) is 26.4 Å². The Bertz CT molecular complexity index is 544. The van der Waals surface area contributed by atoms with Gasteiger partial charge in [-0.05, 0) is 51.9 Å². The fraction of sp³-hybridized carbons (Fsp3) is 0.611. The van der Waals surface area contributed by atoms with E-state index in [0.29, 0.717) is 18.2 Å². The van der Waals surface area contributed by atoms with Gasteiger partial charge in [-0.1, -0.05) is 6.07 Å². The van der Waals surface area contributed by atoms with E-state index in [-0.39, 0.29) is 35.9 Å². The van der Waals surface area contributed by atoms with Crippen molar-refractivity contribution in [1.29, 1.82) is 0 Å². The molecule has 0 bridgehead atoms. The van der Waals surface area contributed by atoms with E-state index in [9.17, 15) is 4.39 Å². The average Bonchev–Trinajstić information content (AvgIpc) is 2.95. The highest BCUT2D eigenvalue weighted by Gasteiger charge is 2.19. The van der Waals surface area contributed by atoms with Crippen molar-refractivity contribution in [3.05, 3.63) is 30.1 Å². The van der Waals surface area contributed by atoms with E-state index in [1.807, 2.05) is 13.8 Å². The molecule has 2 N–H and O–H groups in total. The number of benzene rings is 1. The standard InChI is InChI=1S/C18H29FN4O.HI/c1-4-20-18(22-12-15-8-9-23(3)13-15)21-11-14(2)24-17-7-5-6-16(19)10-17;/h5-7,10,14-15H,4,8-9,11-13H2,1-3H3,(H2,20,21,22);1H. The van der Waals surface area contributed by atoms with Crippen LogP contribution in [-0.4, -0.2) is 56.7 Å². The van der Waals surface area contributed by atoms with E-state index in [2.05, 4.69) is 27.6 Å². The molecule has 0 amide bonds. The first-order valence-electron chi connectivity index (χ1n) is 8.69. The summed E-state index contributed by atoms with van der Waals surface area (Å²) in [5.41, 5.74) is 0. The van der Waals surface area contributed by atoms with Crippen molar-refractivity contribution < 1.29 is 9.13 Å². The fourth-order valence-corrected chi connectivity index (χ4v) is 2.81. The molecule has 2 atom stereocenters. The van der Waals surface area contributed by atoms with E-state index >= 15 is 0 Å². The molecule has 1 saturated heterocycles. The summed E-state index contributed by atoms with van der Waals surface area (Å²) in [7, 11) is 2.16. The second-order valence-electron chi connectivity index (χ2n) is 6.40. The molecule has 1 aromatic rings. The summed E-state index contributed by atoms with van der Waals surface area (Å²) >= 11 is 0. The molecule has 0 radical (unpaired) electrons. The molecule has 0 aliphatic carbocycles. The number of hydrogen-bond acceptors (Lipinski definition) is 3. The number of hydrogen-bond donors (Lipinski definition) is 2. The molecule has 0 saturated carbocycles. The van der Waals surface area contributed by atoms with Crippen LogP contribution in [-0.2, 0) is 0 Å². The lowest BCUT2D eigenvalue weighted by Gasteiger charge is -2.17. The van der Waals surface area contributed by atoms with E-state index in [1.165, 1.54) is 25.1 Å². The lowest BCUT2D eigenvalue weighted by molar-refractivity contribution is 0.229. The van der Waals surface area contributed by atoms with Crippen LogP contribution in [0.2, 0.25) is 0 Å². The molecule has 0 spiro atoms. The second kappa shape index (κ2) is 11.5. The number of ether oxygens (including phenoxy) is 1. The smallest absolute Gasteiger partial charge is 0.191 e. The predicted octanol–water partition coefficient (Wildman–Crippen LogP) is 2.72. The van der Waals surface area contributed by atoms with Gasteiger partial charge >= 0.3 is 0 Å². The van der Waals surface area contributed by atoms with Gasteiger partial charge in [0.1, 0.15) is 17.7 Å². The van der Waals surface area contributed by atoms with Crippen molar-refractivity contribution in [1.82, 2.24) is 15.5 Å². The Morgan fingerprint density at radius 3 is 2.88 bits per heavy atom. The van der Waals surface area contributed by atoms with Crippen LogP contribution in [0, 0.1) is 11.7 Å². The Morgan fingerprint density at radius 2 is 2.24 bits per heavy atom. The third-order valence-corrected chi connectivity index (χ3v) is 4.03. The van der Waals surface area contributed by atoms with Gasteiger partial charge in [-0.2, -0.15) is 0 Å². The van der Waals surface area contributed by atoms with Crippen LogP contribution >= 0.6 is 24.0 Å². The van der Waals surface area contributed by atoms with E-state index in [0.717, 1.165) is 25.6 Å². The van der Waals surface area contributed by atoms with Gasteiger partial charge in [0.25, 0.3) is 0 Å². The van der Waals surface area contributed by atoms with Crippen LogP contribution < -0.4 is 15.4 Å². The zero-order chi connectivity index (χ0) is 17.4. The molecule has 1 aliphatic rings. The van der Waals surface area contributed by atoms with Gasteiger partial charge in [0.2, 0.25) is 0 Å². The minimum Gasteiger partial charge on any atom is -0.489 e. The van der Waals surface area contributed by atoms with Crippen molar-refractivity contribution in [2.24, 2.45) is 10.9 Å². The first kappa shape index (κ1) is 22.0. The van der Waals surface area contributed by atoms with Crippen LogP contribution in [0.5, 0.6) is 5.75 Å². The highest BCUT2D eigenvalue weighted by molar-refractivity contribution is 14.0. The van der Waals surface area contributed by atoms with E-state index in [4.69, 9.17) is 4.74 Å². The third-order valence-electron chi connectivity index (χ3n) is 4.03. The lowest BCUT2D eigenvalue weighted by atomic mass is 10.1. The molecule has 1 aliphatic heterocycles. The summed E-state index contributed by atoms with van der Waals surface area (Å²) in [4.78, 5) is 6.93. The minimum absolute atomic E-state index is 0. The molecule has 1 aromatic carbocycles. The Kier molecular flexibility index (Phi) is 10.1. The predicted molar refractivity (Wildman–Crippen MR) is 111 cm³/mol. The molecular formula is C18H30FIN4O. The Balaban J connectivity index is 0.00000312. The largest absolute Gasteiger partial charge is 0.489 e. The zero-order valence-electron chi connectivity index (χ0n) is 15.3. The summed E-state index contributed by atoms with van der Waals surface area (Å²) in [5.74, 6) is 1.71. The first-order valence-corrected chi connectivity index (χ1v) is 8.69. The van der Waals surface area contributed by atoms with Gasteiger partial charge in [-0.3, -0.25) is 0 Å². The molecule has 1 heterocycles. The average molecular weight is 464 g/mol. The molecule has 2 unspecified atom stereocenters. The van der Waals surface area contributed by atoms with Crippen LogP contribution in [0.1, 0.15) is 20.3 Å². The summed E-state index contributed by atoms with van der Waals surface area (Å²) < 4.78 is 18.9. The van der Waals surface area contributed by atoms with Gasteiger partial charge in [0.15, 0.2) is 5.96 Å². The Labute approximate surface area is 167 Å². The number of nitrogens with one attached hydrogen (secondary N) is 2. The van der Waals surface area contributed by atoms with Gasteiger partial charge < -0.3 is 20.3 Å². The molecule has 0 aromatic heterocycles.